The third-order valence-corrected chi connectivity index (χ3v) is 4.93. The molecule has 0 aromatic heterocycles. The molecule has 148 valence electrons. The Hall–Kier alpha value is -2.67. The van der Waals surface area contributed by atoms with Crippen LogP contribution in [0.1, 0.15) is 12.0 Å². The monoisotopic (exact) mass is 409 g/mol. The van der Waals surface area contributed by atoms with Crippen molar-refractivity contribution in [2.45, 2.75) is 25.0 Å². The van der Waals surface area contributed by atoms with E-state index < -0.39 is 35.7 Å². The number of carbonyl (C=O) groups is 2. The zero-order chi connectivity index (χ0) is 20.3. The summed E-state index contributed by atoms with van der Waals surface area (Å²) >= 11 is 5.99. The normalized spacial score (nSPS) is 18.8. The summed E-state index contributed by atoms with van der Waals surface area (Å²) in [6, 6.07) is 9.10. The predicted molar refractivity (Wildman–Crippen MR) is 98.1 cm³/mol. The minimum atomic E-state index is -0.903. The van der Waals surface area contributed by atoms with Crippen LogP contribution in [0.5, 0.6) is 5.75 Å². The molecule has 28 heavy (non-hydrogen) atoms. The van der Waals surface area contributed by atoms with Crippen LogP contribution in [-0.4, -0.2) is 42.6 Å². The largest absolute Gasteiger partial charge is 0.485 e. The van der Waals surface area contributed by atoms with Crippen LogP contribution in [-0.2, 0) is 20.7 Å². The summed E-state index contributed by atoms with van der Waals surface area (Å²) < 4.78 is 38.3. The molecule has 5 nitrogen and oxygen atoms in total. The van der Waals surface area contributed by atoms with Gasteiger partial charge in [0.2, 0.25) is 5.91 Å². The first kappa shape index (κ1) is 20.1. The molecule has 0 N–H and O–H groups in total. The Morgan fingerprint density at radius 3 is 2.54 bits per heavy atom. The van der Waals surface area contributed by atoms with Crippen LogP contribution in [0.2, 0.25) is 5.02 Å². The molecule has 2 atom stereocenters. The predicted octanol–water partition coefficient (Wildman–Crippen LogP) is 3.38. The third kappa shape index (κ3) is 4.25. The van der Waals surface area contributed by atoms with Crippen molar-refractivity contribution in [3.05, 3.63) is 64.7 Å². The van der Waals surface area contributed by atoms with E-state index in [1.54, 1.807) is 6.07 Å². The molecule has 0 spiro atoms. The minimum absolute atomic E-state index is 0.0302. The molecule has 0 saturated carbocycles. The number of methoxy groups -OCH3 is 1. The summed E-state index contributed by atoms with van der Waals surface area (Å²) in [5, 5.41) is 0.126. The van der Waals surface area contributed by atoms with Crippen LogP contribution in [0.3, 0.4) is 0 Å². The van der Waals surface area contributed by atoms with Crippen molar-refractivity contribution in [3.8, 4) is 5.75 Å². The van der Waals surface area contributed by atoms with E-state index in [4.69, 9.17) is 21.1 Å². The molecule has 8 heteroatoms. The molecule has 1 aliphatic rings. The summed E-state index contributed by atoms with van der Waals surface area (Å²) in [4.78, 5) is 26.2. The second-order valence-electron chi connectivity index (χ2n) is 6.37. The standard InChI is InChI=1S/C20H18ClF2NO4/c1-27-20(26)17-9-12(28-18-8-3-2-6-16(18)23)11-24(17)19(25)10-13-14(21)5-4-7-15(13)22/h2-8,12,17H,9-11H2,1H3/t12-,17-/m1/s1. The molecule has 0 aliphatic carbocycles. The summed E-state index contributed by atoms with van der Waals surface area (Å²) in [5.41, 5.74) is 0.0521. The number of amides is 1. The quantitative estimate of drug-likeness (QED) is 0.710. The van der Waals surface area contributed by atoms with E-state index >= 15 is 0 Å². The number of ether oxygens (including phenoxy) is 2. The summed E-state index contributed by atoms with van der Waals surface area (Å²) in [7, 11) is 1.21. The number of benzene rings is 2. The van der Waals surface area contributed by atoms with Crippen molar-refractivity contribution in [3.63, 3.8) is 0 Å². The van der Waals surface area contributed by atoms with Gasteiger partial charge in [0.05, 0.1) is 20.1 Å². The molecule has 0 bridgehead atoms. The molecule has 2 aromatic rings. The fourth-order valence-corrected chi connectivity index (χ4v) is 3.42. The Balaban J connectivity index is 1.78. The first-order valence-corrected chi connectivity index (χ1v) is 9.00. The van der Waals surface area contributed by atoms with Crippen molar-refractivity contribution >= 4 is 23.5 Å². The van der Waals surface area contributed by atoms with E-state index in [2.05, 4.69) is 0 Å². The highest BCUT2D eigenvalue weighted by atomic mass is 35.5. The molecule has 3 rings (SSSR count). The summed E-state index contributed by atoms with van der Waals surface area (Å²) in [5.74, 6) is -2.23. The van der Waals surface area contributed by atoms with Crippen LogP contribution < -0.4 is 4.74 Å². The third-order valence-electron chi connectivity index (χ3n) is 4.58. The lowest BCUT2D eigenvalue weighted by Gasteiger charge is -2.22. The van der Waals surface area contributed by atoms with Gasteiger partial charge in [0.25, 0.3) is 0 Å². The van der Waals surface area contributed by atoms with Crippen molar-refractivity contribution < 1.29 is 27.8 Å². The molecular formula is C20H18ClF2NO4. The smallest absolute Gasteiger partial charge is 0.328 e. The molecule has 1 heterocycles. The Bertz CT molecular complexity index is 872. The molecule has 1 aliphatic heterocycles. The second kappa shape index (κ2) is 8.56. The number of nitrogens with zero attached hydrogens (tertiary/aromatic N) is 1. The van der Waals surface area contributed by atoms with E-state index in [0.717, 1.165) is 0 Å². The Morgan fingerprint density at radius 1 is 1.14 bits per heavy atom. The van der Waals surface area contributed by atoms with Crippen LogP contribution in [0.4, 0.5) is 8.78 Å². The Labute approximate surface area is 165 Å². The van der Waals surface area contributed by atoms with Gasteiger partial charge >= 0.3 is 5.97 Å². The zero-order valence-corrected chi connectivity index (χ0v) is 15.8. The van der Waals surface area contributed by atoms with Gasteiger partial charge in [-0.3, -0.25) is 4.79 Å². The number of likely N-dealkylation sites (tertiary alicyclic amines) is 1. The minimum Gasteiger partial charge on any atom is -0.485 e. The number of rotatable bonds is 5. The van der Waals surface area contributed by atoms with E-state index in [1.165, 1.54) is 48.4 Å². The summed E-state index contributed by atoms with van der Waals surface area (Å²) in [6.45, 7) is 0.0407. The average molecular weight is 410 g/mol. The van der Waals surface area contributed by atoms with Crippen molar-refractivity contribution in [1.29, 1.82) is 0 Å². The Morgan fingerprint density at radius 2 is 1.86 bits per heavy atom. The first-order valence-electron chi connectivity index (χ1n) is 8.62. The zero-order valence-electron chi connectivity index (χ0n) is 15.0. The van der Waals surface area contributed by atoms with Gasteiger partial charge in [-0.15, -0.1) is 0 Å². The molecule has 1 saturated heterocycles. The molecule has 1 fully saturated rings. The number of hydrogen-bond acceptors (Lipinski definition) is 4. The van der Waals surface area contributed by atoms with Crippen LogP contribution in [0, 0.1) is 11.6 Å². The highest BCUT2D eigenvalue weighted by molar-refractivity contribution is 6.31. The SMILES string of the molecule is COC(=O)[C@H]1C[C@@H](Oc2ccccc2F)CN1C(=O)Cc1c(F)cccc1Cl. The van der Waals surface area contributed by atoms with E-state index in [-0.39, 0.29) is 35.7 Å². The van der Waals surface area contributed by atoms with Gasteiger partial charge in [-0.1, -0.05) is 29.8 Å². The van der Waals surface area contributed by atoms with Gasteiger partial charge in [0.15, 0.2) is 11.6 Å². The van der Waals surface area contributed by atoms with Gasteiger partial charge in [0.1, 0.15) is 18.0 Å². The first-order chi connectivity index (χ1) is 13.4. The van der Waals surface area contributed by atoms with E-state index in [9.17, 15) is 18.4 Å². The highest BCUT2D eigenvalue weighted by Gasteiger charge is 2.41. The molecular weight excluding hydrogens is 392 g/mol. The van der Waals surface area contributed by atoms with Crippen LogP contribution >= 0.6 is 11.6 Å². The number of halogens is 3. The molecule has 0 radical (unpaired) electrons. The lowest BCUT2D eigenvalue weighted by Crippen LogP contribution is -2.42. The number of esters is 1. The van der Waals surface area contributed by atoms with Crippen molar-refractivity contribution in [2.75, 3.05) is 13.7 Å². The second-order valence-corrected chi connectivity index (χ2v) is 6.78. The van der Waals surface area contributed by atoms with Gasteiger partial charge in [-0.25, -0.2) is 13.6 Å². The maximum Gasteiger partial charge on any atom is 0.328 e. The maximum atomic E-state index is 14.0. The number of para-hydroxylation sites is 1. The lowest BCUT2D eigenvalue weighted by atomic mass is 10.1. The topological polar surface area (TPSA) is 55.8 Å². The fraction of sp³-hybridized carbons (Fsp3) is 0.300. The molecule has 0 unspecified atom stereocenters. The van der Waals surface area contributed by atoms with E-state index in [1.807, 2.05) is 0 Å². The van der Waals surface area contributed by atoms with Gasteiger partial charge < -0.3 is 14.4 Å². The number of hydrogen-bond donors (Lipinski definition) is 0. The van der Waals surface area contributed by atoms with Crippen LogP contribution in [0.25, 0.3) is 0 Å². The van der Waals surface area contributed by atoms with Gasteiger partial charge in [-0.05, 0) is 24.3 Å². The Kier molecular flexibility index (Phi) is 6.14. The van der Waals surface area contributed by atoms with Gasteiger partial charge in [-0.2, -0.15) is 0 Å². The summed E-state index contributed by atoms with van der Waals surface area (Å²) in [6.07, 6.45) is -0.788. The van der Waals surface area contributed by atoms with Crippen LogP contribution in [0.15, 0.2) is 42.5 Å². The van der Waals surface area contributed by atoms with Gasteiger partial charge in [0, 0.05) is 17.0 Å². The highest BCUT2D eigenvalue weighted by Crippen LogP contribution is 2.27. The number of carbonyl (C=O) groups excluding carboxylic acids is 2. The average Bonchev–Trinajstić information content (AvgIpc) is 3.10. The van der Waals surface area contributed by atoms with Crippen molar-refractivity contribution in [1.82, 2.24) is 4.90 Å². The maximum absolute atomic E-state index is 14.0. The van der Waals surface area contributed by atoms with E-state index in [0.29, 0.717) is 0 Å². The fourth-order valence-electron chi connectivity index (χ4n) is 3.19. The lowest BCUT2D eigenvalue weighted by molar-refractivity contribution is -0.150. The molecule has 1 amide bonds. The van der Waals surface area contributed by atoms with Crippen molar-refractivity contribution in [2.24, 2.45) is 0 Å². The molecule has 2 aromatic carbocycles.